The number of piperazine rings is 1. The van der Waals surface area contributed by atoms with Crippen molar-refractivity contribution in [3.8, 4) is 0 Å². The lowest BCUT2D eigenvalue weighted by atomic mass is 10.0. The van der Waals surface area contributed by atoms with Gasteiger partial charge in [0.1, 0.15) is 0 Å². The average molecular weight is 285 g/mol. The van der Waals surface area contributed by atoms with Crippen molar-refractivity contribution < 1.29 is 4.79 Å². The summed E-state index contributed by atoms with van der Waals surface area (Å²) >= 11 is 0. The number of carbonyl (C=O) groups excluding carboxylic acids is 1. The number of nitrogens with zero attached hydrogens (tertiary/aromatic N) is 1. The summed E-state index contributed by atoms with van der Waals surface area (Å²) in [5, 5.41) is 3.56. The molecule has 0 atom stereocenters. The Hall–Kier alpha value is -2.14. The maximum atomic E-state index is 12.4. The molecule has 2 N–H and O–H groups in total. The number of carbonyl (C=O) groups is 1. The van der Waals surface area contributed by atoms with Crippen LogP contribution in [-0.2, 0) is 11.3 Å². The molecule has 21 heavy (non-hydrogen) atoms. The lowest BCUT2D eigenvalue weighted by molar-refractivity contribution is -0.124. The van der Waals surface area contributed by atoms with Crippen LogP contribution in [0.15, 0.2) is 23.0 Å². The Kier molecular flexibility index (Phi) is 3.51. The summed E-state index contributed by atoms with van der Waals surface area (Å²) < 4.78 is 0. The van der Waals surface area contributed by atoms with Crippen molar-refractivity contribution in [1.29, 1.82) is 0 Å². The zero-order chi connectivity index (χ0) is 15.0. The van der Waals surface area contributed by atoms with E-state index in [-0.39, 0.29) is 11.3 Å². The Morgan fingerprint density at radius 1 is 1.19 bits per heavy atom. The number of pyridine rings is 1. The SMILES string of the molecule is Cc1ccc(C)c2c(=O)cc(CN3CCNC(=O)C3)[nH]c12. The van der Waals surface area contributed by atoms with Crippen LogP contribution in [0.5, 0.6) is 0 Å². The van der Waals surface area contributed by atoms with Gasteiger partial charge in [0.15, 0.2) is 5.43 Å². The van der Waals surface area contributed by atoms with Crippen molar-refractivity contribution in [1.82, 2.24) is 15.2 Å². The summed E-state index contributed by atoms with van der Waals surface area (Å²) in [4.78, 5) is 29.2. The Morgan fingerprint density at radius 3 is 2.71 bits per heavy atom. The van der Waals surface area contributed by atoms with Gasteiger partial charge in [-0.1, -0.05) is 12.1 Å². The Bertz CT molecular complexity index is 764. The molecule has 1 fully saturated rings. The molecule has 1 aromatic carbocycles. The second-order valence-corrected chi connectivity index (χ2v) is 5.67. The molecule has 0 bridgehead atoms. The van der Waals surface area contributed by atoms with E-state index in [1.807, 2.05) is 30.9 Å². The van der Waals surface area contributed by atoms with E-state index < -0.39 is 0 Å². The fourth-order valence-electron chi connectivity index (χ4n) is 2.87. The van der Waals surface area contributed by atoms with E-state index in [2.05, 4.69) is 10.3 Å². The molecule has 0 spiro atoms. The number of hydrogen-bond acceptors (Lipinski definition) is 3. The van der Waals surface area contributed by atoms with Crippen LogP contribution in [0.4, 0.5) is 0 Å². The van der Waals surface area contributed by atoms with Crippen LogP contribution in [0, 0.1) is 13.8 Å². The lowest BCUT2D eigenvalue weighted by Crippen LogP contribution is -2.47. The Labute approximate surface area is 123 Å². The molecule has 1 aromatic heterocycles. The van der Waals surface area contributed by atoms with Crippen LogP contribution in [0.3, 0.4) is 0 Å². The molecule has 0 radical (unpaired) electrons. The van der Waals surface area contributed by atoms with E-state index in [9.17, 15) is 9.59 Å². The van der Waals surface area contributed by atoms with Gasteiger partial charge in [-0.3, -0.25) is 14.5 Å². The third kappa shape index (κ3) is 2.69. The van der Waals surface area contributed by atoms with Crippen LogP contribution in [0.1, 0.15) is 16.8 Å². The van der Waals surface area contributed by atoms with Gasteiger partial charge in [0.2, 0.25) is 5.91 Å². The van der Waals surface area contributed by atoms with Gasteiger partial charge >= 0.3 is 0 Å². The number of benzene rings is 1. The lowest BCUT2D eigenvalue weighted by Gasteiger charge is -2.26. The molecule has 110 valence electrons. The molecule has 3 rings (SSSR count). The highest BCUT2D eigenvalue weighted by Crippen LogP contribution is 2.18. The highest BCUT2D eigenvalue weighted by atomic mass is 16.2. The number of H-pyrrole nitrogens is 1. The Morgan fingerprint density at radius 2 is 1.95 bits per heavy atom. The molecule has 0 saturated carbocycles. The van der Waals surface area contributed by atoms with E-state index in [0.717, 1.165) is 34.3 Å². The van der Waals surface area contributed by atoms with Crippen molar-refractivity contribution in [3.63, 3.8) is 0 Å². The van der Waals surface area contributed by atoms with E-state index in [1.54, 1.807) is 6.07 Å². The van der Waals surface area contributed by atoms with Gasteiger partial charge < -0.3 is 10.3 Å². The number of aromatic amines is 1. The molecule has 0 aliphatic carbocycles. The number of aromatic nitrogens is 1. The molecule has 2 heterocycles. The summed E-state index contributed by atoms with van der Waals surface area (Å²) in [6.45, 7) is 6.38. The molecule has 1 aliphatic heterocycles. The highest BCUT2D eigenvalue weighted by molar-refractivity contribution is 5.84. The minimum Gasteiger partial charge on any atom is -0.357 e. The molecule has 5 heteroatoms. The number of amides is 1. The molecule has 5 nitrogen and oxygen atoms in total. The van der Waals surface area contributed by atoms with Crippen LogP contribution in [-0.4, -0.2) is 35.4 Å². The number of rotatable bonds is 2. The monoisotopic (exact) mass is 285 g/mol. The smallest absolute Gasteiger partial charge is 0.234 e. The largest absolute Gasteiger partial charge is 0.357 e. The normalized spacial score (nSPS) is 16.2. The van der Waals surface area contributed by atoms with Crippen LogP contribution >= 0.6 is 0 Å². The first-order chi connectivity index (χ1) is 10.0. The predicted molar refractivity (Wildman–Crippen MR) is 82.3 cm³/mol. The summed E-state index contributed by atoms with van der Waals surface area (Å²) in [5.41, 5.74) is 3.85. The molecule has 1 saturated heterocycles. The van der Waals surface area contributed by atoms with Gasteiger partial charge in [0.25, 0.3) is 0 Å². The van der Waals surface area contributed by atoms with Gasteiger partial charge in [-0.25, -0.2) is 0 Å². The third-order valence-electron chi connectivity index (χ3n) is 3.97. The molecule has 1 amide bonds. The first kappa shape index (κ1) is 13.8. The van der Waals surface area contributed by atoms with Crippen LogP contribution in [0.25, 0.3) is 10.9 Å². The van der Waals surface area contributed by atoms with Crippen molar-refractivity contribution in [3.05, 3.63) is 45.2 Å². The van der Waals surface area contributed by atoms with Crippen molar-refractivity contribution >= 4 is 16.8 Å². The number of nitrogens with one attached hydrogen (secondary N) is 2. The van der Waals surface area contributed by atoms with Crippen LogP contribution in [0.2, 0.25) is 0 Å². The van der Waals surface area contributed by atoms with E-state index >= 15 is 0 Å². The fraction of sp³-hybridized carbons (Fsp3) is 0.375. The summed E-state index contributed by atoms with van der Waals surface area (Å²) in [5.74, 6) is 0.0383. The zero-order valence-electron chi connectivity index (χ0n) is 12.3. The topological polar surface area (TPSA) is 65.2 Å². The number of fused-ring (bicyclic) bond motifs is 1. The standard InChI is InChI=1S/C16H19N3O2/c1-10-3-4-11(2)16-15(10)13(20)7-12(18-16)8-19-6-5-17-14(21)9-19/h3-4,7H,5-6,8-9H2,1-2H3,(H,17,21)(H,18,20). The quantitative estimate of drug-likeness (QED) is 0.867. The molecule has 0 unspecified atom stereocenters. The van der Waals surface area contributed by atoms with E-state index in [1.165, 1.54) is 0 Å². The highest BCUT2D eigenvalue weighted by Gasteiger charge is 2.17. The minimum absolute atomic E-state index is 0.0383. The van der Waals surface area contributed by atoms with Crippen molar-refractivity contribution in [2.24, 2.45) is 0 Å². The van der Waals surface area contributed by atoms with Crippen molar-refractivity contribution in [2.75, 3.05) is 19.6 Å². The number of aryl methyl sites for hydroxylation is 2. The predicted octanol–water partition coefficient (Wildman–Crippen LogP) is 1.08. The maximum Gasteiger partial charge on any atom is 0.234 e. The zero-order valence-corrected chi connectivity index (χ0v) is 12.3. The molecule has 2 aromatic rings. The molecular weight excluding hydrogens is 266 g/mol. The van der Waals surface area contributed by atoms with Gasteiger partial charge in [0.05, 0.1) is 12.1 Å². The molecular formula is C16H19N3O2. The van der Waals surface area contributed by atoms with E-state index in [0.29, 0.717) is 19.6 Å². The summed E-state index contributed by atoms with van der Waals surface area (Å²) in [6.07, 6.45) is 0. The van der Waals surface area contributed by atoms with Gasteiger partial charge in [-0.2, -0.15) is 0 Å². The minimum atomic E-state index is 0.0383. The van der Waals surface area contributed by atoms with E-state index in [4.69, 9.17) is 0 Å². The van der Waals surface area contributed by atoms with Gasteiger partial charge in [-0.05, 0) is 25.0 Å². The van der Waals surface area contributed by atoms with Gasteiger partial charge in [0, 0.05) is 36.8 Å². The van der Waals surface area contributed by atoms with Gasteiger partial charge in [-0.15, -0.1) is 0 Å². The average Bonchev–Trinajstić information content (AvgIpc) is 2.42. The third-order valence-corrected chi connectivity index (χ3v) is 3.97. The summed E-state index contributed by atoms with van der Waals surface area (Å²) in [7, 11) is 0. The van der Waals surface area contributed by atoms with Crippen LogP contribution < -0.4 is 10.7 Å². The fourth-order valence-corrected chi connectivity index (χ4v) is 2.87. The second kappa shape index (κ2) is 5.33. The maximum absolute atomic E-state index is 12.4. The Balaban J connectivity index is 1.99. The second-order valence-electron chi connectivity index (χ2n) is 5.67. The van der Waals surface area contributed by atoms with Crippen molar-refractivity contribution in [2.45, 2.75) is 20.4 Å². The summed E-state index contributed by atoms with van der Waals surface area (Å²) in [6, 6.07) is 5.65. The first-order valence-electron chi connectivity index (χ1n) is 7.16. The molecule has 1 aliphatic rings. The first-order valence-corrected chi connectivity index (χ1v) is 7.16. The number of hydrogen-bond donors (Lipinski definition) is 2.